The molecule has 0 nitrogen and oxygen atoms in total. The van der Waals surface area contributed by atoms with E-state index in [1.807, 2.05) is 0 Å². The summed E-state index contributed by atoms with van der Waals surface area (Å²) in [7, 11) is 0. The van der Waals surface area contributed by atoms with Crippen LogP contribution < -0.4 is 0 Å². The minimum Gasteiger partial charge on any atom is -0.0839 e. The van der Waals surface area contributed by atoms with E-state index in [1.165, 1.54) is 94.6 Å². The third-order valence-electron chi connectivity index (χ3n) is 16.4. The molecule has 0 fully saturated rings. The zero-order valence-electron chi connectivity index (χ0n) is 41.2. The Hall–Kier alpha value is -8.32. The third-order valence-corrected chi connectivity index (χ3v) is 16.4. The monoisotopic (exact) mass is 934 g/mol. The topological polar surface area (TPSA) is 0 Å². The summed E-state index contributed by atoms with van der Waals surface area (Å²) < 4.78 is 0. The maximum Gasteiger partial charge on any atom is 0.0339 e. The van der Waals surface area contributed by atoms with Crippen molar-refractivity contribution in [3.05, 3.63) is 307 Å². The van der Waals surface area contributed by atoms with E-state index in [0.29, 0.717) is 11.8 Å². The van der Waals surface area contributed by atoms with Gasteiger partial charge in [0.15, 0.2) is 0 Å². The Morgan fingerprint density at radius 1 is 0.384 bits per heavy atom. The van der Waals surface area contributed by atoms with Gasteiger partial charge in [0, 0.05) is 17.3 Å². The number of fused-ring (bicyclic) bond motifs is 2. The SMILES string of the molecule is C1=CC2C3=C(C=CCC3)C(c3cccc(-c4cccc(-c5cc(-c6ccccc6)cc(-c6ccccc6)c5)c4)c3)(C3C=CC=C(C4=CC(c5cc(-c6ccccc6)cc(-c6ccccc6)c5)=CCC4)C3)C2C=C1. The van der Waals surface area contributed by atoms with Crippen LogP contribution in [0.2, 0.25) is 0 Å². The first-order chi connectivity index (χ1) is 36.2. The Morgan fingerprint density at radius 2 is 0.877 bits per heavy atom. The van der Waals surface area contributed by atoms with E-state index in [9.17, 15) is 0 Å². The average Bonchev–Trinajstić information content (AvgIpc) is 3.79. The van der Waals surface area contributed by atoms with Crippen LogP contribution in [0, 0.1) is 17.8 Å². The van der Waals surface area contributed by atoms with Crippen LogP contribution in [0.3, 0.4) is 0 Å². The predicted molar refractivity (Wildman–Crippen MR) is 308 cm³/mol. The quantitative estimate of drug-likeness (QED) is 0.128. The minimum atomic E-state index is -0.251. The Labute approximate surface area is 431 Å². The minimum absolute atomic E-state index is 0.251. The van der Waals surface area contributed by atoms with Gasteiger partial charge in [0.2, 0.25) is 0 Å². The Balaban J connectivity index is 0.882. The molecule has 8 aromatic carbocycles. The van der Waals surface area contributed by atoms with Crippen LogP contribution >= 0.6 is 0 Å². The van der Waals surface area contributed by atoms with E-state index in [2.05, 4.69) is 273 Å². The molecule has 0 aliphatic heterocycles. The molecule has 8 aromatic rings. The maximum atomic E-state index is 2.57. The summed E-state index contributed by atoms with van der Waals surface area (Å²) in [4.78, 5) is 0. The first-order valence-electron chi connectivity index (χ1n) is 26.4. The second-order valence-corrected chi connectivity index (χ2v) is 20.5. The van der Waals surface area contributed by atoms with E-state index in [4.69, 9.17) is 0 Å². The fraction of sp³-hybridized carbons (Fsp3) is 0.123. The molecular weight excluding hydrogens is 877 g/mol. The molecule has 0 heterocycles. The average molecular weight is 935 g/mol. The number of benzene rings is 8. The molecule has 0 N–H and O–H groups in total. The highest BCUT2D eigenvalue weighted by atomic mass is 14.6. The van der Waals surface area contributed by atoms with Crippen molar-refractivity contribution in [2.24, 2.45) is 17.8 Å². The molecule has 5 aliphatic rings. The highest BCUT2D eigenvalue weighted by Gasteiger charge is 2.56. The van der Waals surface area contributed by atoms with Crippen LogP contribution in [0.4, 0.5) is 0 Å². The van der Waals surface area contributed by atoms with Gasteiger partial charge < -0.3 is 0 Å². The van der Waals surface area contributed by atoms with Crippen molar-refractivity contribution in [2.45, 2.75) is 37.5 Å². The molecule has 4 unspecified atom stereocenters. The molecule has 0 saturated carbocycles. The van der Waals surface area contributed by atoms with Crippen LogP contribution in [0.5, 0.6) is 0 Å². The summed E-state index contributed by atoms with van der Waals surface area (Å²) in [5.74, 6) is 0.951. The van der Waals surface area contributed by atoms with Crippen LogP contribution in [0.1, 0.15) is 43.2 Å². The van der Waals surface area contributed by atoms with Crippen molar-refractivity contribution in [3.63, 3.8) is 0 Å². The molecule has 13 rings (SSSR count). The van der Waals surface area contributed by atoms with E-state index in [0.717, 1.165) is 32.1 Å². The lowest BCUT2D eigenvalue weighted by atomic mass is 9.56. The van der Waals surface area contributed by atoms with E-state index in [1.54, 1.807) is 11.1 Å². The largest absolute Gasteiger partial charge is 0.0839 e. The number of hydrogen-bond acceptors (Lipinski definition) is 0. The second kappa shape index (κ2) is 19.4. The molecule has 0 saturated heterocycles. The molecule has 5 aliphatic carbocycles. The van der Waals surface area contributed by atoms with Gasteiger partial charge in [-0.15, -0.1) is 0 Å². The molecule has 0 radical (unpaired) electrons. The van der Waals surface area contributed by atoms with Crippen molar-refractivity contribution in [1.82, 2.24) is 0 Å². The molecule has 0 aromatic heterocycles. The first kappa shape index (κ1) is 44.6. The lowest BCUT2D eigenvalue weighted by molar-refractivity contribution is 0.282. The second-order valence-electron chi connectivity index (χ2n) is 20.5. The fourth-order valence-corrected chi connectivity index (χ4v) is 13.0. The maximum absolute atomic E-state index is 2.57. The van der Waals surface area contributed by atoms with Crippen molar-refractivity contribution in [2.75, 3.05) is 0 Å². The van der Waals surface area contributed by atoms with E-state index < -0.39 is 0 Å². The predicted octanol–water partition coefficient (Wildman–Crippen LogP) is 19.3. The zero-order valence-corrected chi connectivity index (χ0v) is 41.2. The molecule has 0 amide bonds. The van der Waals surface area contributed by atoms with Gasteiger partial charge in [-0.1, -0.05) is 236 Å². The summed E-state index contributed by atoms with van der Waals surface area (Å²) in [6, 6.07) is 76.4. The molecule has 0 spiro atoms. The van der Waals surface area contributed by atoms with Crippen molar-refractivity contribution >= 4 is 5.57 Å². The van der Waals surface area contributed by atoms with Crippen LogP contribution in [-0.2, 0) is 5.41 Å². The standard InChI is InChI=1S/C73H58/c1-5-21-51(22-6-1)61-43-62(52-23-7-2-8-24-52)46-65(45-61)57-31-17-29-55(41-57)59-33-19-35-67(49-59)73(71-39-15-13-37-69(71)70-38-14-16-40-72(70)73)68-36-20-34-60(50-68)56-30-18-32-58(42-56)66-47-63(53-25-9-3-10-26-53)44-64(48-66)54-27-11-4-12-28-54/h1-13,15-17,19-29,31-37,39-49,68-69,71H,14,18,30,38,50H2. The fourth-order valence-electron chi connectivity index (χ4n) is 13.0. The third kappa shape index (κ3) is 8.41. The van der Waals surface area contributed by atoms with Gasteiger partial charge in [0.1, 0.15) is 0 Å². The summed E-state index contributed by atoms with van der Waals surface area (Å²) in [5, 5.41) is 0. The Morgan fingerprint density at radius 3 is 1.48 bits per heavy atom. The highest BCUT2D eigenvalue weighted by Crippen LogP contribution is 2.62. The highest BCUT2D eigenvalue weighted by molar-refractivity contribution is 5.86. The summed E-state index contributed by atoms with van der Waals surface area (Å²) in [6.07, 6.45) is 32.4. The summed E-state index contributed by atoms with van der Waals surface area (Å²) in [6.45, 7) is 0. The van der Waals surface area contributed by atoms with E-state index >= 15 is 0 Å². The molecule has 0 bridgehead atoms. The Bertz CT molecular complexity index is 3510. The number of rotatable bonds is 10. The van der Waals surface area contributed by atoms with Gasteiger partial charge in [-0.25, -0.2) is 0 Å². The van der Waals surface area contributed by atoms with Gasteiger partial charge in [-0.3, -0.25) is 0 Å². The number of hydrogen-bond donors (Lipinski definition) is 0. The normalized spacial score (nSPS) is 20.8. The molecule has 73 heavy (non-hydrogen) atoms. The van der Waals surface area contributed by atoms with Crippen LogP contribution in [-0.4, -0.2) is 0 Å². The Kier molecular flexibility index (Phi) is 11.8. The van der Waals surface area contributed by atoms with Crippen LogP contribution in [0.15, 0.2) is 295 Å². The first-order valence-corrected chi connectivity index (χ1v) is 26.4. The molecule has 4 atom stereocenters. The van der Waals surface area contributed by atoms with Crippen molar-refractivity contribution in [1.29, 1.82) is 0 Å². The zero-order chi connectivity index (χ0) is 48.6. The number of allylic oxidation sites excluding steroid dienone is 16. The van der Waals surface area contributed by atoms with Gasteiger partial charge >= 0.3 is 0 Å². The van der Waals surface area contributed by atoms with Gasteiger partial charge in [-0.05, 0) is 181 Å². The molecular formula is C73H58. The van der Waals surface area contributed by atoms with Crippen molar-refractivity contribution < 1.29 is 0 Å². The smallest absolute Gasteiger partial charge is 0.0339 e. The summed E-state index contributed by atoms with van der Waals surface area (Å²) in [5.41, 5.74) is 24.7. The molecule has 350 valence electrons. The van der Waals surface area contributed by atoms with Crippen LogP contribution in [0.25, 0.3) is 72.3 Å². The lowest BCUT2D eigenvalue weighted by Crippen LogP contribution is -2.42. The lowest BCUT2D eigenvalue weighted by Gasteiger charge is -2.46. The molecule has 0 heteroatoms. The summed E-state index contributed by atoms with van der Waals surface area (Å²) >= 11 is 0. The van der Waals surface area contributed by atoms with E-state index in [-0.39, 0.29) is 11.3 Å². The van der Waals surface area contributed by atoms with Crippen molar-refractivity contribution in [3.8, 4) is 66.8 Å². The van der Waals surface area contributed by atoms with Gasteiger partial charge in [0.25, 0.3) is 0 Å². The van der Waals surface area contributed by atoms with Gasteiger partial charge in [0.05, 0.1) is 0 Å². The van der Waals surface area contributed by atoms with Gasteiger partial charge in [-0.2, -0.15) is 0 Å².